The minimum absolute atomic E-state index is 0.217. The van der Waals surface area contributed by atoms with E-state index in [-0.39, 0.29) is 12.1 Å². The van der Waals surface area contributed by atoms with E-state index in [1.807, 2.05) is 43.3 Å². The van der Waals surface area contributed by atoms with E-state index in [0.29, 0.717) is 5.57 Å². The van der Waals surface area contributed by atoms with Gasteiger partial charge >= 0.3 is 5.97 Å². The van der Waals surface area contributed by atoms with Gasteiger partial charge in [-0.3, -0.25) is 0 Å². The van der Waals surface area contributed by atoms with E-state index in [1.165, 1.54) is 24.8 Å². The molecular weight excluding hydrogens is 260 g/mol. The second kappa shape index (κ2) is 6.15. The third-order valence-corrected chi connectivity index (χ3v) is 4.24. The number of carbonyl (C=O) groups excluding carboxylic acids is 1. The standard InChI is InChI=1S/C19H20O2/c1-14-17(13-12-15-8-4-2-5-9-15)18(21-19(14)20)16-10-6-3-7-11-16/h3,6-7,10-11,13,18H,2,4-5,8-9H2,1H3. The van der Waals surface area contributed by atoms with Gasteiger partial charge in [0, 0.05) is 11.1 Å². The Balaban J connectivity index is 1.93. The second-order valence-corrected chi connectivity index (χ2v) is 5.73. The van der Waals surface area contributed by atoms with Crippen LogP contribution in [0.1, 0.15) is 50.7 Å². The zero-order valence-corrected chi connectivity index (χ0v) is 12.4. The molecule has 2 aliphatic rings. The number of hydrogen-bond donors (Lipinski definition) is 0. The molecule has 1 fully saturated rings. The average Bonchev–Trinajstić information content (AvgIpc) is 2.82. The Hall–Kier alpha value is -2.05. The summed E-state index contributed by atoms with van der Waals surface area (Å²) in [5, 5.41) is 0. The largest absolute Gasteiger partial charge is 0.449 e. The number of benzene rings is 1. The zero-order chi connectivity index (χ0) is 14.7. The molecule has 0 saturated heterocycles. The molecule has 1 aliphatic carbocycles. The number of carbonyl (C=O) groups is 1. The summed E-state index contributed by atoms with van der Waals surface area (Å²) in [4.78, 5) is 11.9. The summed E-state index contributed by atoms with van der Waals surface area (Å²) >= 11 is 0. The molecule has 108 valence electrons. The fourth-order valence-electron chi connectivity index (χ4n) is 2.94. The molecule has 1 aliphatic heterocycles. The molecule has 1 saturated carbocycles. The summed E-state index contributed by atoms with van der Waals surface area (Å²) in [6, 6.07) is 9.90. The van der Waals surface area contributed by atoms with Crippen molar-refractivity contribution in [2.75, 3.05) is 0 Å². The minimum Gasteiger partial charge on any atom is -0.449 e. The number of hydrogen-bond acceptors (Lipinski definition) is 2. The Labute approximate surface area is 125 Å². The van der Waals surface area contributed by atoms with Gasteiger partial charge < -0.3 is 4.74 Å². The molecule has 0 amide bonds. The van der Waals surface area contributed by atoms with E-state index in [1.54, 1.807) is 0 Å². The van der Waals surface area contributed by atoms with E-state index in [4.69, 9.17) is 4.74 Å². The molecule has 2 nitrogen and oxygen atoms in total. The van der Waals surface area contributed by atoms with E-state index in [2.05, 4.69) is 5.73 Å². The first-order valence-electron chi connectivity index (χ1n) is 7.67. The van der Waals surface area contributed by atoms with Crippen molar-refractivity contribution in [1.82, 2.24) is 0 Å². The Morgan fingerprint density at radius 3 is 2.57 bits per heavy atom. The zero-order valence-electron chi connectivity index (χ0n) is 12.4. The highest BCUT2D eigenvalue weighted by Crippen LogP contribution is 2.35. The van der Waals surface area contributed by atoms with Gasteiger partial charge in [0.1, 0.15) is 0 Å². The van der Waals surface area contributed by atoms with Crippen LogP contribution in [0.3, 0.4) is 0 Å². The molecule has 0 spiro atoms. The van der Waals surface area contributed by atoms with E-state index >= 15 is 0 Å². The van der Waals surface area contributed by atoms with Crippen molar-refractivity contribution in [3.05, 3.63) is 64.4 Å². The lowest BCUT2D eigenvalue weighted by Crippen LogP contribution is -2.02. The number of rotatable bonds is 2. The van der Waals surface area contributed by atoms with Crippen molar-refractivity contribution < 1.29 is 9.53 Å². The first-order valence-corrected chi connectivity index (χ1v) is 7.67. The molecule has 0 radical (unpaired) electrons. The summed E-state index contributed by atoms with van der Waals surface area (Å²) in [6.45, 7) is 1.84. The molecule has 1 heterocycles. The van der Waals surface area contributed by atoms with Crippen molar-refractivity contribution >= 4 is 5.97 Å². The van der Waals surface area contributed by atoms with Crippen LogP contribution in [0.15, 0.2) is 58.9 Å². The first kappa shape index (κ1) is 13.9. The van der Waals surface area contributed by atoms with Gasteiger partial charge in [0.25, 0.3) is 0 Å². The molecule has 2 heteroatoms. The van der Waals surface area contributed by atoms with Crippen molar-refractivity contribution in [3.63, 3.8) is 0 Å². The maximum Gasteiger partial charge on any atom is 0.335 e. The number of cyclic esters (lactones) is 1. The Bertz CT molecular complexity index is 623. The van der Waals surface area contributed by atoms with E-state index < -0.39 is 0 Å². The lowest BCUT2D eigenvalue weighted by Gasteiger charge is -2.13. The van der Waals surface area contributed by atoms with E-state index in [9.17, 15) is 4.79 Å². The Morgan fingerprint density at radius 2 is 1.86 bits per heavy atom. The van der Waals surface area contributed by atoms with Gasteiger partial charge in [0.05, 0.1) is 0 Å². The van der Waals surface area contributed by atoms with Gasteiger partial charge in [-0.25, -0.2) is 4.79 Å². The molecule has 0 bridgehead atoms. The lowest BCUT2D eigenvalue weighted by molar-refractivity contribution is -0.139. The monoisotopic (exact) mass is 280 g/mol. The van der Waals surface area contributed by atoms with Crippen molar-refractivity contribution in [3.8, 4) is 0 Å². The molecule has 3 rings (SSSR count). The fourth-order valence-corrected chi connectivity index (χ4v) is 2.94. The predicted molar refractivity (Wildman–Crippen MR) is 82.7 cm³/mol. The molecule has 0 aromatic heterocycles. The van der Waals surface area contributed by atoms with Gasteiger partial charge in [-0.1, -0.05) is 36.8 Å². The Morgan fingerprint density at radius 1 is 1.14 bits per heavy atom. The maximum atomic E-state index is 11.9. The smallest absolute Gasteiger partial charge is 0.335 e. The average molecular weight is 280 g/mol. The normalized spacial score (nSPS) is 22.0. The van der Waals surface area contributed by atoms with Gasteiger partial charge in [-0.15, -0.1) is 5.73 Å². The highest BCUT2D eigenvalue weighted by atomic mass is 16.5. The first-order chi connectivity index (χ1) is 10.3. The van der Waals surface area contributed by atoms with Gasteiger partial charge in [0.2, 0.25) is 0 Å². The van der Waals surface area contributed by atoms with Crippen LogP contribution in [-0.4, -0.2) is 5.97 Å². The number of ether oxygens (including phenoxy) is 1. The summed E-state index contributed by atoms with van der Waals surface area (Å²) < 4.78 is 5.52. The van der Waals surface area contributed by atoms with Crippen molar-refractivity contribution in [2.45, 2.75) is 45.1 Å². The summed E-state index contributed by atoms with van der Waals surface area (Å²) in [7, 11) is 0. The predicted octanol–water partition coefficient (Wildman–Crippen LogP) is 4.65. The third-order valence-electron chi connectivity index (χ3n) is 4.24. The highest BCUT2D eigenvalue weighted by molar-refractivity contribution is 5.92. The summed E-state index contributed by atoms with van der Waals surface area (Å²) in [5.74, 6) is -0.217. The summed E-state index contributed by atoms with van der Waals surface area (Å²) in [6.07, 6.45) is 7.79. The topological polar surface area (TPSA) is 26.3 Å². The lowest BCUT2D eigenvalue weighted by atomic mass is 9.94. The fraction of sp³-hybridized carbons (Fsp3) is 0.368. The molecule has 1 unspecified atom stereocenters. The molecule has 0 N–H and O–H groups in total. The summed E-state index contributed by atoms with van der Waals surface area (Å²) in [5.41, 5.74) is 7.45. The highest BCUT2D eigenvalue weighted by Gasteiger charge is 2.30. The van der Waals surface area contributed by atoms with Crippen LogP contribution >= 0.6 is 0 Å². The van der Waals surface area contributed by atoms with Crippen LogP contribution in [0, 0.1) is 0 Å². The van der Waals surface area contributed by atoms with Gasteiger partial charge in [0.15, 0.2) is 6.10 Å². The van der Waals surface area contributed by atoms with Gasteiger partial charge in [-0.05, 0) is 49.8 Å². The van der Waals surface area contributed by atoms with Crippen LogP contribution in [-0.2, 0) is 9.53 Å². The molecule has 1 aromatic carbocycles. The van der Waals surface area contributed by atoms with Crippen LogP contribution in [0.25, 0.3) is 0 Å². The van der Waals surface area contributed by atoms with Crippen molar-refractivity contribution in [1.29, 1.82) is 0 Å². The SMILES string of the molecule is CC1=C(C=C=C2CCCCC2)C(c2ccccc2)OC1=O. The van der Waals surface area contributed by atoms with Gasteiger partial charge in [-0.2, -0.15) is 0 Å². The van der Waals surface area contributed by atoms with Crippen LogP contribution in [0.4, 0.5) is 0 Å². The Kier molecular flexibility index (Phi) is 4.08. The van der Waals surface area contributed by atoms with Crippen LogP contribution < -0.4 is 0 Å². The minimum atomic E-state index is -0.282. The molecule has 1 atom stereocenters. The number of esters is 1. The second-order valence-electron chi connectivity index (χ2n) is 5.73. The quantitative estimate of drug-likeness (QED) is 0.582. The maximum absolute atomic E-state index is 11.9. The van der Waals surface area contributed by atoms with Crippen LogP contribution in [0.2, 0.25) is 0 Å². The molecule has 1 aromatic rings. The van der Waals surface area contributed by atoms with Crippen molar-refractivity contribution in [2.24, 2.45) is 0 Å². The van der Waals surface area contributed by atoms with Crippen LogP contribution in [0.5, 0.6) is 0 Å². The molecule has 21 heavy (non-hydrogen) atoms. The molecular formula is C19H20O2. The third kappa shape index (κ3) is 3.01. The van der Waals surface area contributed by atoms with E-state index in [0.717, 1.165) is 24.0 Å².